The topological polar surface area (TPSA) is 105 Å². The molecule has 0 saturated carbocycles. The molecule has 3 heterocycles. The normalized spacial score (nSPS) is 11.7. The zero-order valence-corrected chi connectivity index (χ0v) is 23.2. The van der Waals surface area contributed by atoms with Gasteiger partial charge in [-0.2, -0.15) is 23.3 Å². The lowest BCUT2D eigenvalue weighted by atomic mass is 10.0. The third-order valence-corrected chi connectivity index (χ3v) is 6.77. The average molecular weight is 581 g/mol. The summed E-state index contributed by atoms with van der Waals surface area (Å²) in [6.07, 6.45) is -4.69. The molecule has 0 radical (unpaired) electrons. The molecule has 0 bridgehead atoms. The van der Waals surface area contributed by atoms with Gasteiger partial charge in [-0.3, -0.25) is 4.79 Å². The molecule has 1 amide bonds. The number of benzene rings is 2. The summed E-state index contributed by atoms with van der Waals surface area (Å²) in [4.78, 5) is 30.2. The summed E-state index contributed by atoms with van der Waals surface area (Å²) in [5, 5.41) is 6.96. The molecular weight excluding hydrogens is 553 g/mol. The Kier molecular flexibility index (Phi) is 7.61. The van der Waals surface area contributed by atoms with E-state index >= 15 is 0 Å². The molecule has 0 aliphatic carbocycles. The SMILES string of the molecule is COCCn1c(-c2ccc(-n3c(C)nn(C)c3=O)cc2)cc2cc(C(F)(F)F)cc(C(=O)Nc3cccc(OC)n3)c21. The second kappa shape index (κ2) is 11.2. The van der Waals surface area contributed by atoms with Gasteiger partial charge in [0.15, 0.2) is 0 Å². The first-order valence-corrected chi connectivity index (χ1v) is 12.8. The Bertz CT molecular complexity index is 1840. The molecule has 0 aliphatic heterocycles. The summed E-state index contributed by atoms with van der Waals surface area (Å²) < 4.78 is 56.7. The number of carbonyl (C=O) groups excluding carboxylic acids is 1. The van der Waals surface area contributed by atoms with E-state index in [9.17, 15) is 22.8 Å². The lowest BCUT2D eigenvalue weighted by molar-refractivity contribution is -0.137. The summed E-state index contributed by atoms with van der Waals surface area (Å²) in [7, 11) is 4.48. The summed E-state index contributed by atoms with van der Waals surface area (Å²) >= 11 is 0. The van der Waals surface area contributed by atoms with Gasteiger partial charge in [-0.25, -0.2) is 14.0 Å². The predicted molar refractivity (Wildman–Crippen MR) is 150 cm³/mol. The lowest BCUT2D eigenvalue weighted by Crippen LogP contribution is -2.21. The predicted octanol–water partition coefficient (Wildman–Crippen LogP) is 4.82. The number of anilines is 1. The standard InChI is InChI=1S/C29H27F3N6O4/c1-17-35-36(2)28(40)38(17)21-10-8-18(9-11-21)23-15-19-14-20(29(30,31)32)16-22(26(19)37(23)12-13-41-3)27(39)34-24-6-5-7-25(33-24)42-4/h5-11,14-16H,12-13H2,1-4H3,(H,33,34,39). The monoisotopic (exact) mass is 580 g/mol. The van der Waals surface area contributed by atoms with Crippen molar-refractivity contribution in [1.82, 2.24) is 23.9 Å². The number of fused-ring (bicyclic) bond motifs is 1. The van der Waals surface area contributed by atoms with Crippen molar-refractivity contribution >= 4 is 22.6 Å². The molecule has 0 fully saturated rings. The van der Waals surface area contributed by atoms with Crippen LogP contribution >= 0.6 is 0 Å². The Balaban J connectivity index is 1.66. The largest absolute Gasteiger partial charge is 0.481 e. The van der Waals surface area contributed by atoms with Crippen molar-refractivity contribution < 1.29 is 27.4 Å². The van der Waals surface area contributed by atoms with Crippen molar-refractivity contribution in [3.63, 3.8) is 0 Å². The van der Waals surface area contributed by atoms with Crippen molar-refractivity contribution in [2.75, 3.05) is 26.1 Å². The average Bonchev–Trinajstić information content (AvgIpc) is 3.46. The van der Waals surface area contributed by atoms with Gasteiger partial charge < -0.3 is 19.4 Å². The number of carbonyl (C=O) groups is 1. The molecule has 5 rings (SSSR count). The second-order valence-corrected chi connectivity index (χ2v) is 9.49. The summed E-state index contributed by atoms with van der Waals surface area (Å²) in [6, 6.07) is 15.1. The fourth-order valence-electron chi connectivity index (χ4n) is 4.85. The number of hydrogen-bond donors (Lipinski definition) is 1. The Hall–Kier alpha value is -4.91. The number of methoxy groups -OCH3 is 2. The highest BCUT2D eigenvalue weighted by molar-refractivity contribution is 6.13. The Morgan fingerprint density at radius 2 is 1.79 bits per heavy atom. The van der Waals surface area contributed by atoms with E-state index in [-0.39, 0.29) is 41.5 Å². The van der Waals surface area contributed by atoms with Crippen LogP contribution in [0, 0.1) is 6.92 Å². The fourth-order valence-corrected chi connectivity index (χ4v) is 4.85. The van der Waals surface area contributed by atoms with E-state index in [2.05, 4.69) is 15.4 Å². The molecule has 42 heavy (non-hydrogen) atoms. The van der Waals surface area contributed by atoms with E-state index in [4.69, 9.17) is 9.47 Å². The number of halogens is 3. The zero-order valence-electron chi connectivity index (χ0n) is 23.2. The number of hydrogen-bond acceptors (Lipinski definition) is 6. The minimum Gasteiger partial charge on any atom is -0.481 e. The number of alkyl halides is 3. The summed E-state index contributed by atoms with van der Waals surface area (Å²) in [5.74, 6) is 0.0962. The quantitative estimate of drug-likeness (QED) is 0.282. The maximum Gasteiger partial charge on any atom is 0.416 e. The van der Waals surface area contributed by atoms with E-state index in [1.165, 1.54) is 29.5 Å². The van der Waals surface area contributed by atoms with Crippen LogP contribution in [0.3, 0.4) is 0 Å². The van der Waals surface area contributed by atoms with Crippen LogP contribution in [-0.4, -0.2) is 50.6 Å². The van der Waals surface area contributed by atoms with Crippen molar-refractivity contribution in [3.05, 3.63) is 88.1 Å². The Morgan fingerprint density at radius 3 is 2.40 bits per heavy atom. The van der Waals surface area contributed by atoms with Crippen LogP contribution in [0.5, 0.6) is 5.88 Å². The van der Waals surface area contributed by atoms with Crippen LogP contribution in [0.4, 0.5) is 19.0 Å². The van der Waals surface area contributed by atoms with Crippen molar-refractivity contribution in [2.45, 2.75) is 19.6 Å². The van der Waals surface area contributed by atoms with Crippen LogP contribution in [0.25, 0.3) is 27.8 Å². The Morgan fingerprint density at radius 1 is 1.05 bits per heavy atom. The molecule has 0 atom stereocenters. The molecule has 1 N–H and O–H groups in total. The van der Waals surface area contributed by atoms with Crippen LogP contribution in [0.1, 0.15) is 21.7 Å². The highest BCUT2D eigenvalue weighted by atomic mass is 19.4. The number of aromatic nitrogens is 5. The first kappa shape index (κ1) is 28.6. The van der Waals surface area contributed by atoms with E-state index < -0.39 is 17.6 Å². The maximum absolute atomic E-state index is 14.0. The van der Waals surface area contributed by atoms with Gasteiger partial charge in [-0.05, 0) is 48.9 Å². The van der Waals surface area contributed by atoms with Crippen molar-refractivity contribution in [1.29, 1.82) is 0 Å². The molecule has 3 aromatic heterocycles. The van der Waals surface area contributed by atoms with Crippen LogP contribution in [-0.2, 0) is 24.5 Å². The number of amides is 1. The third kappa shape index (κ3) is 5.38. The van der Waals surface area contributed by atoms with Crippen molar-refractivity contribution in [2.24, 2.45) is 7.05 Å². The number of aryl methyl sites for hydroxylation is 2. The number of pyridine rings is 1. The molecule has 0 spiro atoms. The van der Waals surface area contributed by atoms with E-state index in [1.807, 2.05) is 0 Å². The number of ether oxygens (including phenoxy) is 2. The van der Waals surface area contributed by atoms with Gasteiger partial charge in [0.25, 0.3) is 5.91 Å². The molecule has 0 aliphatic rings. The smallest absolute Gasteiger partial charge is 0.416 e. The number of nitrogens with one attached hydrogen (secondary N) is 1. The molecule has 10 nitrogen and oxygen atoms in total. The zero-order chi connectivity index (χ0) is 30.2. The summed E-state index contributed by atoms with van der Waals surface area (Å²) in [6.45, 7) is 2.20. The van der Waals surface area contributed by atoms with Gasteiger partial charge in [0.1, 0.15) is 11.6 Å². The van der Waals surface area contributed by atoms with Crippen LogP contribution in [0.15, 0.2) is 65.5 Å². The van der Waals surface area contributed by atoms with Crippen LogP contribution < -0.4 is 15.7 Å². The summed E-state index contributed by atoms with van der Waals surface area (Å²) in [5.41, 5.74) is 0.664. The molecule has 13 heteroatoms. The van der Waals surface area contributed by atoms with Gasteiger partial charge in [0.05, 0.1) is 36.0 Å². The molecular formula is C29H27F3N6O4. The van der Waals surface area contributed by atoms with Crippen LogP contribution in [0.2, 0.25) is 0 Å². The van der Waals surface area contributed by atoms with Gasteiger partial charge in [0.2, 0.25) is 5.88 Å². The number of nitrogens with zero attached hydrogens (tertiary/aromatic N) is 5. The highest BCUT2D eigenvalue weighted by Gasteiger charge is 2.33. The first-order chi connectivity index (χ1) is 20.0. The van der Waals surface area contributed by atoms with Crippen molar-refractivity contribution in [3.8, 4) is 22.8 Å². The molecule has 5 aromatic rings. The second-order valence-electron chi connectivity index (χ2n) is 9.49. The van der Waals surface area contributed by atoms with E-state index in [1.54, 1.807) is 61.0 Å². The van der Waals surface area contributed by atoms with Gasteiger partial charge in [-0.1, -0.05) is 18.2 Å². The third-order valence-electron chi connectivity index (χ3n) is 6.77. The fraction of sp³-hybridized carbons (Fsp3) is 0.241. The van der Waals surface area contributed by atoms with E-state index in [0.29, 0.717) is 28.3 Å². The lowest BCUT2D eigenvalue weighted by Gasteiger charge is -2.15. The molecule has 0 unspecified atom stereocenters. The minimum atomic E-state index is -4.69. The molecule has 0 saturated heterocycles. The molecule has 2 aromatic carbocycles. The highest BCUT2D eigenvalue weighted by Crippen LogP contribution is 2.37. The maximum atomic E-state index is 14.0. The van der Waals surface area contributed by atoms with Gasteiger partial charge in [-0.15, -0.1) is 0 Å². The number of rotatable bonds is 8. The van der Waals surface area contributed by atoms with Gasteiger partial charge in [0, 0.05) is 37.8 Å². The van der Waals surface area contributed by atoms with E-state index in [0.717, 1.165) is 12.1 Å². The first-order valence-electron chi connectivity index (χ1n) is 12.8. The Labute approximate surface area is 237 Å². The van der Waals surface area contributed by atoms with Gasteiger partial charge >= 0.3 is 11.9 Å². The molecule has 218 valence electrons. The minimum absolute atomic E-state index is 0.122.